The number of amides is 1. The highest BCUT2D eigenvalue weighted by Crippen LogP contribution is 2.47. The number of halogens is 4. The molecule has 2 aromatic carbocycles. The SMILES string of the molecule is CCCCCc1cc([C@@]2(C)CC(=N)N(C)C(=O)[C@@H]2c2ccc(C(F)(F)F)cc2)ccc1F. The van der Waals surface area contributed by atoms with Crippen LogP contribution in [-0.4, -0.2) is 23.7 Å². The van der Waals surface area contributed by atoms with E-state index in [9.17, 15) is 22.4 Å². The minimum absolute atomic E-state index is 0.123. The Morgan fingerprint density at radius 2 is 1.78 bits per heavy atom. The van der Waals surface area contributed by atoms with Crippen LogP contribution in [0.3, 0.4) is 0 Å². The van der Waals surface area contributed by atoms with Crippen LogP contribution in [0.4, 0.5) is 17.6 Å². The summed E-state index contributed by atoms with van der Waals surface area (Å²) in [5.74, 6) is -1.34. The molecule has 3 nitrogen and oxygen atoms in total. The van der Waals surface area contributed by atoms with Crippen molar-refractivity contribution in [3.05, 3.63) is 70.5 Å². The second kappa shape index (κ2) is 9.04. The number of hydrogen-bond donors (Lipinski definition) is 1. The monoisotopic (exact) mass is 448 g/mol. The Bertz CT molecular complexity index is 1000. The zero-order valence-corrected chi connectivity index (χ0v) is 18.5. The van der Waals surface area contributed by atoms with E-state index < -0.39 is 23.1 Å². The van der Waals surface area contributed by atoms with Crippen molar-refractivity contribution in [2.45, 2.75) is 63.5 Å². The normalized spacial score (nSPS) is 21.8. The van der Waals surface area contributed by atoms with Gasteiger partial charge in [0.2, 0.25) is 5.91 Å². The number of benzene rings is 2. The van der Waals surface area contributed by atoms with Gasteiger partial charge in [0.1, 0.15) is 11.7 Å². The minimum atomic E-state index is -4.47. The van der Waals surface area contributed by atoms with Crippen molar-refractivity contribution >= 4 is 11.7 Å². The fourth-order valence-electron chi connectivity index (χ4n) is 4.50. The Hall–Kier alpha value is -2.70. The van der Waals surface area contributed by atoms with Crippen molar-refractivity contribution in [2.75, 3.05) is 7.05 Å². The third-order valence-electron chi connectivity index (χ3n) is 6.48. The Kier molecular flexibility index (Phi) is 6.77. The van der Waals surface area contributed by atoms with Gasteiger partial charge in [0.05, 0.1) is 11.5 Å². The van der Waals surface area contributed by atoms with E-state index in [0.717, 1.165) is 31.4 Å². The zero-order chi connectivity index (χ0) is 23.7. The molecule has 0 saturated carbocycles. The van der Waals surface area contributed by atoms with Crippen molar-refractivity contribution in [2.24, 2.45) is 0 Å². The van der Waals surface area contributed by atoms with Crippen LogP contribution in [0.15, 0.2) is 42.5 Å². The number of carbonyl (C=O) groups is 1. The van der Waals surface area contributed by atoms with Gasteiger partial charge in [-0.3, -0.25) is 10.2 Å². The van der Waals surface area contributed by atoms with Crippen LogP contribution >= 0.6 is 0 Å². The first-order valence-electron chi connectivity index (χ1n) is 10.8. The topological polar surface area (TPSA) is 44.2 Å². The van der Waals surface area contributed by atoms with E-state index in [1.165, 1.54) is 30.1 Å². The van der Waals surface area contributed by atoms with E-state index in [0.29, 0.717) is 23.1 Å². The number of alkyl halides is 3. The van der Waals surface area contributed by atoms with Crippen molar-refractivity contribution in [3.8, 4) is 0 Å². The molecule has 0 aliphatic carbocycles. The van der Waals surface area contributed by atoms with E-state index in [-0.39, 0.29) is 24.0 Å². The van der Waals surface area contributed by atoms with Crippen LogP contribution < -0.4 is 0 Å². The molecule has 1 N–H and O–H groups in total. The number of likely N-dealkylation sites (tertiary alicyclic amines) is 1. The van der Waals surface area contributed by atoms with Crippen molar-refractivity contribution in [1.82, 2.24) is 4.90 Å². The highest BCUT2D eigenvalue weighted by Gasteiger charge is 2.48. The number of amidine groups is 1. The molecule has 1 heterocycles. The highest BCUT2D eigenvalue weighted by molar-refractivity contribution is 6.04. The fraction of sp³-hybridized carbons (Fsp3) is 0.440. The first kappa shape index (κ1) is 24.0. The lowest BCUT2D eigenvalue weighted by atomic mass is 9.64. The molecule has 32 heavy (non-hydrogen) atoms. The average Bonchev–Trinajstić information content (AvgIpc) is 2.73. The number of hydrogen-bond acceptors (Lipinski definition) is 2. The Labute approximate surface area is 185 Å². The second-order valence-electron chi connectivity index (χ2n) is 8.75. The molecule has 0 unspecified atom stereocenters. The molecule has 172 valence electrons. The van der Waals surface area contributed by atoms with Gasteiger partial charge in [-0.2, -0.15) is 13.2 Å². The predicted octanol–water partition coefficient (Wildman–Crippen LogP) is 6.46. The van der Waals surface area contributed by atoms with E-state index in [4.69, 9.17) is 5.41 Å². The van der Waals surface area contributed by atoms with Gasteiger partial charge in [-0.25, -0.2) is 4.39 Å². The number of nitrogens with zero attached hydrogens (tertiary/aromatic N) is 1. The van der Waals surface area contributed by atoms with Crippen molar-refractivity contribution in [3.63, 3.8) is 0 Å². The molecule has 0 spiro atoms. The summed E-state index contributed by atoms with van der Waals surface area (Å²) in [6.45, 7) is 3.90. The number of aryl methyl sites for hydroxylation is 1. The lowest BCUT2D eigenvalue weighted by molar-refractivity contribution is -0.137. The number of likely N-dealkylation sites (N-methyl/N-ethyl adjacent to an activating group) is 1. The van der Waals surface area contributed by atoms with Gasteiger partial charge in [-0.15, -0.1) is 0 Å². The lowest BCUT2D eigenvalue weighted by Gasteiger charge is -2.45. The standard InChI is InChI=1S/C25H28F4N2O/c1-4-5-6-7-17-14-19(12-13-20(17)26)24(2)15-21(30)31(3)23(32)22(24)16-8-10-18(11-9-16)25(27,28)29/h8-14,22,30H,4-7,15H2,1-3H3/t22-,24+/m0/s1. The first-order chi connectivity index (χ1) is 15.0. The third kappa shape index (κ3) is 4.57. The minimum Gasteiger partial charge on any atom is -0.303 e. The van der Waals surface area contributed by atoms with Crippen LogP contribution in [0.25, 0.3) is 0 Å². The largest absolute Gasteiger partial charge is 0.416 e. The molecule has 3 rings (SSSR count). The highest BCUT2D eigenvalue weighted by atomic mass is 19.4. The summed E-state index contributed by atoms with van der Waals surface area (Å²) in [4.78, 5) is 14.5. The predicted molar refractivity (Wildman–Crippen MR) is 116 cm³/mol. The number of nitrogens with one attached hydrogen (secondary N) is 1. The smallest absolute Gasteiger partial charge is 0.303 e. The molecule has 0 bridgehead atoms. The first-order valence-corrected chi connectivity index (χ1v) is 10.8. The van der Waals surface area contributed by atoms with Gasteiger partial charge >= 0.3 is 6.18 Å². The Morgan fingerprint density at radius 1 is 1.12 bits per heavy atom. The number of piperidine rings is 1. The van der Waals surface area contributed by atoms with Gasteiger partial charge in [-0.1, -0.05) is 51.0 Å². The molecule has 1 fully saturated rings. The molecule has 2 aromatic rings. The molecule has 0 aromatic heterocycles. The molecule has 7 heteroatoms. The molecule has 1 amide bonds. The molecule has 2 atom stereocenters. The average molecular weight is 449 g/mol. The van der Waals surface area contributed by atoms with Gasteiger partial charge in [-0.05, 0) is 47.7 Å². The summed E-state index contributed by atoms with van der Waals surface area (Å²) in [7, 11) is 1.50. The van der Waals surface area contributed by atoms with Crippen LogP contribution in [0.2, 0.25) is 0 Å². The lowest BCUT2D eigenvalue weighted by Crippen LogP contribution is -2.52. The number of carbonyl (C=O) groups excluding carboxylic acids is 1. The van der Waals surface area contributed by atoms with Crippen LogP contribution in [0.5, 0.6) is 0 Å². The van der Waals surface area contributed by atoms with Gasteiger partial charge in [0.15, 0.2) is 0 Å². The van der Waals surface area contributed by atoms with Crippen LogP contribution in [0, 0.1) is 11.2 Å². The molecular weight excluding hydrogens is 420 g/mol. The number of unbranched alkanes of at least 4 members (excludes halogenated alkanes) is 2. The summed E-state index contributed by atoms with van der Waals surface area (Å²) in [6.07, 6.45) is -0.869. The molecule has 0 radical (unpaired) electrons. The maximum atomic E-state index is 14.5. The van der Waals surface area contributed by atoms with Crippen LogP contribution in [0.1, 0.15) is 67.7 Å². The van der Waals surface area contributed by atoms with Crippen LogP contribution in [-0.2, 0) is 22.8 Å². The summed E-state index contributed by atoms with van der Waals surface area (Å²) in [6, 6.07) is 9.39. The van der Waals surface area contributed by atoms with Crippen molar-refractivity contribution in [1.29, 1.82) is 5.41 Å². The van der Waals surface area contributed by atoms with Gasteiger partial charge in [0.25, 0.3) is 0 Å². The summed E-state index contributed by atoms with van der Waals surface area (Å²) in [5.41, 5.74) is 0.0323. The van der Waals surface area contributed by atoms with E-state index in [2.05, 4.69) is 6.92 Å². The summed E-state index contributed by atoms with van der Waals surface area (Å²) < 4.78 is 53.6. The Morgan fingerprint density at radius 3 is 2.38 bits per heavy atom. The van der Waals surface area contributed by atoms with Gasteiger partial charge < -0.3 is 4.90 Å². The summed E-state index contributed by atoms with van der Waals surface area (Å²) in [5, 5.41) is 8.31. The van der Waals surface area contributed by atoms with E-state index in [1.807, 2.05) is 6.92 Å². The van der Waals surface area contributed by atoms with E-state index in [1.54, 1.807) is 12.1 Å². The maximum absolute atomic E-state index is 14.5. The van der Waals surface area contributed by atoms with Gasteiger partial charge in [0, 0.05) is 18.9 Å². The van der Waals surface area contributed by atoms with E-state index >= 15 is 0 Å². The molecule has 1 saturated heterocycles. The number of rotatable bonds is 6. The molecule has 1 aliphatic rings. The quantitative estimate of drug-likeness (QED) is 0.400. The molecule has 1 aliphatic heterocycles. The Balaban J connectivity index is 2.07. The molecular formula is C25H28F4N2O. The maximum Gasteiger partial charge on any atom is 0.416 e. The third-order valence-corrected chi connectivity index (χ3v) is 6.48. The fourth-order valence-corrected chi connectivity index (χ4v) is 4.50. The zero-order valence-electron chi connectivity index (χ0n) is 18.5. The second-order valence-corrected chi connectivity index (χ2v) is 8.75. The van der Waals surface area contributed by atoms with Crippen molar-refractivity contribution < 1.29 is 22.4 Å². The summed E-state index contributed by atoms with van der Waals surface area (Å²) >= 11 is 0.